The van der Waals surface area contributed by atoms with Crippen LogP contribution < -0.4 is 4.74 Å². The summed E-state index contributed by atoms with van der Waals surface area (Å²) < 4.78 is 44.7. The molecule has 2 heterocycles. The van der Waals surface area contributed by atoms with Gasteiger partial charge in [0, 0.05) is 17.2 Å². The first-order valence-corrected chi connectivity index (χ1v) is 12.9. The molecule has 0 spiro atoms. The molecule has 0 bridgehead atoms. The number of rotatable bonds is 6. The van der Waals surface area contributed by atoms with Gasteiger partial charge in [-0.3, -0.25) is 9.59 Å². The number of nitrogens with zero attached hydrogens (tertiary/aromatic N) is 1. The van der Waals surface area contributed by atoms with Crippen LogP contribution in [0.5, 0.6) is 5.75 Å². The number of carbonyl (C=O) groups is 2. The van der Waals surface area contributed by atoms with Crippen molar-refractivity contribution < 1.29 is 32.2 Å². The van der Waals surface area contributed by atoms with Gasteiger partial charge in [0.2, 0.25) is 0 Å². The summed E-state index contributed by atoms with van der Waals surface area (Å²) in [6.07, 6.45) is 0.141. The van der Waals surface area contributed by atoms with Crippen LogP contribution in [0.25, 0.3) is 5.76 Å². The van der Waals surface area contributed by atoms with Gasteiger partial charge in [-0.25, -0.2) is 12.8 Å². The fourth-order valence-corrected chi connectivity index (χ4v) is 6.06. The van der Waals surface area contributed by atoms with Crippen molar-refractivity contribution in [1.82, 2.24) is 4.90 Å². The molecule has 0 radical (unpaired) electrons. The van der Waals surface area contributed by atoms with Crippen LogP contribution in [-0.4, -0.2) is 54.3 Å². The SMILES string of the molecule is CC(C)COc1ccc(/C(O)=C2\C(=O)C(=O)N(C3CCS(=O)(=O)C3)C2c2ccccc2F)cc1. The van der Waals surface area contributed by atoms with Crippen molar-refractivity contribution in [3.05, 3.63) is 71.0 Å². The zero-order valence-corrected chi connectivity index (χ0v) is 19.7. The Balaban J connectivity index is 1.79. The maximum Gasteiger partial charge on any atom is 0.295 e. The molecule has 34 heavy (non-hydrogen) atoms. The predicted octanol–water partition coefficient (Wildman–Crippen LogP) is 3.47. The molecule has 2 aromatic rings. The van der Waals surface area contributed by atoms with Gasteiger partial charge in [0.15, 0.2) is 9.84 Å². The largest absolute Gasteiger partial charge is 0.507 e. The Morgan fingerprint density at radius 3 is 2.41 bits per heavy atom. The highest BCUT2D eigenvalue weighted by atomic mass is 32.2. The van der Waals surface area contributed by atoms with Gasteiger partial charge >= 0.3 is 0 Å². The lowest BCUT2D eigenvalue weighted by Gasteiger charge is -2.30. The van der Waals surface area contributed by atoms with Crippen molar-refractivity contribution in [2.75, 3.05) is 18.1 Å². The molecule has 2 aliphatic heterocycles. The van der Waals surface area contributed by atoms with E-state index in [-0.39, 0.29) is 34.6 Å². The van der Waals surface area contributed by atoms with Gasteiger partial charge in [-0.1, -0.05) is 32.0 Å². The van der Waals surface area contributed by atoms with Crippen LogP contribution in [0.4, 0.5) is 4.39 Å². The number of aliphatic hydroxyl groups excluding tert-OH is 1. The zero-order valence-electron chi connectivity index (χ0n) is 18.9. The van der Waals surface area contributed by atoms with E-state index >= 15 is 0 Å². The van der Waals surface area contributed by atoms with E-state index in [0.29, 0.717) is 18.3 Å². The van der Waals surface area contributed by atoms with Gasteiger partial charge in [0.05, 0.1) is 29.7 Å². The molecule has 2 aliphatic rings. The number of ketones is 1. The average molecular weight is 488 g/mol. The van der Waals surface area contributed by atoms with Gasteiger partial charge in [-0.05, 0) is 42.7 Å². The normalized spacial score (nSPS) is 23.6. The third-order valence-electron chi connectivity index (χ3n) is 5.99. The maximum absolute atomic E-state index is 14.9. The van der Waals surface area contributed by atoms with Crippen LogP contribution in [0.2, 0.25) is 0 Å². The first-order chi connectivity index (χ1) is 16.1. The summed E-state index contributed by atoms with van der Waals surface area (Å²) in [5, 5.41) is 11.1. The molecule has 2 aromatic carbocycles. The van der Waals surface area contributed by atoms with E-state index in [1.807, 2.05) is 13.8 Å². The van der Waals surface area contributed by atoms with E-state index in [1.165, 1.54) is 18.2 Å². The summed E-state index contributed by atoms with van der Waals surface area (Å²) in [4.78, 5) is 27.2. The zero-order chi connectivity index (χ0) is 24.6. The van der Waals surface area contributed by atoms with Crippen molar-refractivity contribution in [3.63, 3.8) is 0 Å². The van der Waals surface area contributed by atoms with Crippen molar-refractivity contribution >= 4 is 27.3 Å². The van der Waals surface area contributed by atoms with Gasteiger partial charge in [0.25, 0.3) is 11.7 Å². The second-order valence-corrected chi connectivity index (χ2v) is 11.2. The first-order valence-electron chi connectivity index (χ1n) is 11.1. The summed E-state index contributed by atoms with van der Waals surface area (Å²) in [6, 6.07) is 10.0. The summed E-state index contributed by atoms with van der Waals surface area (Å²) >= 11 is 0. The Bertz CT molecular complexity index is 1250. The number of halogens is 1. The molecule has 1 amide bonds. The third-order valence-corrected chi connectivity index (χ3v) is 7.74. The lowest BCUT2D eigenvalue weighted by Crippen LogP contribution is -2.40. The van der Waals surface area contributed by atoms with Gasteiger partial charge in [0.1, 0.15) is 17.3 Å². The van der Waals surface area contributed by atoms with Gasteiger partial charge < -0.3 is 14.7 Å². The highest BCUT2D eigenvalue weighted by Crippen LogP contribution is 2.43. The summed E-state index contributed by atoms with van der Waals surface area (Å²) in [5.41, 5.74) is 0.00922. The Morgan fingerprint density at radius 1 is 1.15 bits per heavy atom. The monoisotopic (exact) mass is 487 g/mol. The molecule has 0 aromatic heterocycles. The summed E-state index contributed by atoms with van der Waals surface area (Å²) in [5.74, 6) is -2.58. The molecular weight excluding hydrogens is 461 g/mol. The Labute approximate surface area is 197 Å². The van der Waals surface area contributed by atoms with E-state index in [0.717, 1.165) is 4.90 Å². The van der Waals surface area contributed by atoms with E-state index in [4.69, 9.17) is 4.74 Å². The Hall–Kier alpha value is -3.20. The van der Waals surface area contributed by atoms with Crippen molar-refractivity contribution in [3.8, 4) is 5.75 Å². The Morgan fingerprint density at radius 2 is 1.82 bits per heavy atom. The molecule has 2 atom stereocenters. The molecule has 0 saturated carbocycles. The molecule has 1 N–H and O–H groups in total. The minimum Gasteiger partial charge on any atom is -0.507 e. The Kier molecular flexibility index (Phi) is 6.49. The fourth-order valence-electron chi connectivity index (χ4n) is 4.35. The number of benzene rings is 2. The third kappa shape index (κ3) is 4.57. The van der Waals surface area contributed by atoms with Crippen molar-refractivity contribution in [2.24, 2.45) is 5.92 Å². The smallest absolute Gasteiger partial charge is 0.295 e. The quantitative estimate of drug-likeness (QED) is 0.380. The molecule has 9 heteroatoms. The van der Waals surface area contributed by atoms with Crippen LogP contribution >= 0.6 is 0 Å². The molecule has 4 rings (SSSR count). The predicted molar refractivity (Wildman–Crippen MR) is 124 cm³/mol. The molecule has 2 saturated heterocycles. The standard InChI is InChI=1S/C25H26FNO6S/c1-15(2)13-33-18-9-7-16(8-10-18)23(28)21-22(19-5-3-4-6-20(19)26)27(25(30)24(21)29)17-11-12-34(31,32)14-17/h3-10,15,17,22,28H,11-14H2,1-2H3/b23-21+. The molecule has 180 valence electrons. The summed E-state index contributed by atoms with van der Waals surface area (Å²) in [6.45, 7) is 4.53. The fraction of sp³-hybridized carbons (Fsp3) is 0.360. The number of hydrogen-bond donors (Lipinski definition) is 1. The van der Waals surface area contributed by atoms with Crippen molar-refractivity contribution in [2.45, 2.75) is 32.4 Å². The van der Waals surface area contributed by atoms with Crippen LogP contribution in [0, 0.1) is 11.7 Å². The average Bonchev–Trinajstić information content (AvgIpc) is 3.28. The molecule has 2 unspecified atom stereocenters. The lowest BCUT2D eigenvalue weighted by molar-refractivity contribution is -0.141. The maximum atomic E-state index is 14.9. The number of sulfone groups is 1. The first kappa shape index (κ1) is 23.9. The molecule has 0 aliphatic carbocycles. The van der Waals surface area contributed by atoms with E-state index in [9.17, 15) is 27.5 Å². The van der Waals surface area contributed by atoms with E-state index in [2.05, 4.69) is 0 Å². The second kappa shape index (κ2) is 9.21. The number of ether oxygens (including phenoxy) is 1. The second-order valence-electron chi connectivity index (χ2n) is 9.01. The van der Waals surface area contributed by atoms with Crippen LogP contribution in [0.3, 0.4) is 0 Å². The van der Waals surface area contributed by atoms with E-state index < -0.39 is 45.2 Å². The van der Waals surface area contributed by atoms with E-state index in [1.54, 1.807) is 30.3 Å². The highest BCUT2D eigenvalue weighted by molar-refractivity contribution is 7.91. The number of aliphatic hydroxyl groups is 1. The van der Waals surface area contributed by atoms with Gasteiger partial charge in [-0.15, -0.1) is 0 Å². The molecule has 2 fully saturated rings. The minimum absolute atomic E-state index is 0.0180. The lowest BCUT2D eigenvalue weighted by atomic mass is 9.94. The number of amides is 1. The van der Waals surface area contributed by atoms with Gasteiger partial charge in [-0.2, -0.15) is 0 Å². The summed E-state index contributed by atoms with van der Waals surface area (Å²) in [7, 11) is -3.39. The van der Waals surface area contributed by atoms with Crippen molar-refractivity contribution in [1.29, 1.82) is 0 Å². The minimum atomic E-state index is -3.39. The number of likely N-dealkylation sites (tertiary alicyclic amines) is 1. The number of carbonyl (C=O) groups excluding carboxylic acids is 2. The van der Waals surface area contributed by atoms with Crippen LogP contribution in [0.1, 0.15) is 37.4 Å². The van der Waals surface area contributed by atoms with Crippen LogP contribution in [0.15, 0.2) is 54.1 Å². The highest BCUT2D eigenvalue weighted by Gasteiger charge is 2.51. The molecular formula is C25H26FNO6S. The topological polar surface area (TPSA) is 101 Å². The van der Waals surface area contributed by atoms with Crippen LogP contribution in [-0.2, 0) is 19.4 Å². The number of hydrogen-bond acceptors (Lipinski definition) is 6. The number of Topliss-reactive ketones (excluding diaryl/α,β-unsaturated/α-hetero) is 1. The molecule has 7 nitrogen and oxygen atoms in total.